The molecule has 13 rings (SSSR count). The van der Waals surface area contributed by atoms with E-state index >= 15 is 0 Å². The van der Waals surface area contributed by atoms with Crippen LogP contribution in [-0.2, 0) is 0 Å². The van der Waals surface area contributed by atoms with E-state index in [-0.39, 0.29) is 0 Å². The van der Waals surface area contributed by atoms with E-state index in [2.05, 4.69) is 288 Å². The summed E-state index contributed by atoms with van der Waals surface area (Å²) < 4.78 is 0. The summed E-state index contributed by atoms with van der Waals surface area (Å²) in [6, 6.07) is 99.2. The fourth-order valence-electron chi connectivity index (χ4n) is 10.6. The van der Waals surface area contributed by atoms with Crippen LogP contribution in [0.1, 0.15) is 0 Å². The molecular weight excluding hydrogens is 835 g/mol. The number of hydrogen-bond donors (Lipinski definition) is 0. The number of benzene rings is 13. The number of anilines is 9. The fourth-order valence-corrected chi connectivity index (χ4v) is 10.6. The quantitative estimate of drug-likeness (QED) is 0.106. The Morgan fingerprint density at radius 1 is 0.130 bits per heavy atom. The molecule has 0 amide bonds. The van der Waals surface area contributed by atoms with Gasteiger partial charge in [0.05, 0.1) is 0 Å². The zero-order valence-corrected chi connectivity index (χ0v) is 37.8. The molecule has 0 N–H and O–H groups in total. The average Bonchev–Trinajstić information content (AvgIpc) is 3.43. The summed E-state index contributed by atoms with van der Waals surface area (Å²) in [5.74, 6) is 0. The predicted octanol–water partition coefficient (Wildman–Crippen LogP) is 19.0. The summed E-state index contributed by atoms with van der Waals surface area (Å²) >= 11 is 0. The van der Waals surface area contributed by atoms with Gasteiger partial charge in [-0.15, -0.1) is 0 Å². The lowest BCUT2D eigenvalue weighted by Crippen LogP contribution is -2.10. The van der Waals surface area contributed by atoms with Crippen LogP contribution in [0.5, 0.6) is 0 Å². The standard InChI is InChI=1S/C66H45N3/c1-7-21-46(22-8-1)67(47-23-9-2-10-24-47)52-37-40-59-60(41-52)55-33-19-20-34-56(55)63-44-65-61-42-53(68(48-25-11-3-12-26-48)49-27-13-4-14-28-49)35-38-57(61)58-39-36-54(43-62(58)66(65)45-64(59)63)69(50-29-15-5-16-30-50)51-31-17-6-18-32-51/h1-45H. The van der Waals surface area contributed by atoms with Gasteiger partial charge in [-0.1, -0.05) is 152 Å². The van der Waals surface area contributed by atoms with E-state index < -0.39 is 0 Å². The van der Waals surface area contributed by atoms with Gasteiger partial charge < -0.3 is 14.7 Å². The van der Waals surface area contributed by atoms with Crippen molar-refractivity contribution in [3.63, 3.8) is 0 Å². The number of hydrogen-bond acceptors (Lipinski definition) is 3. The highest BCUT2D eigenvalue weighted by atomic mass is 15.2. The molecule has 0 unspecified atom stereocenters. The van der Waals surface area contributed by atoms with E-state index in [1.54, 1.807) is 0 Å². The fraction of sp³-hybridized carbons (Fsp3) is 0. The smallest absolute Gasteiger partial charge is 0.0468 e. The van der Waals surface area contributed by atoms with Crippen LogP contribution in [0, 0.1) is 0 Å². The van der Waals surface area contributed by atoms with Crippen molar-refractivity contribution in [3.8, 4) is 0 Å². The van der Waals surface area contributed by atoms with Crippen molar-refractivity contribution in [1.82, 2.24) is 0 Å². The minimum Gasteiger partial charge on any atom is -0.310 e. The topological polar surface area (TPSA) is 9.72 Å². The van der Waals surface area contributed by atoms with Crippen molar-refractivity contribution >= 4 is 116 Å². The maximum Gasteiger partial charge on any atom is 0.0468 e. The first-order chi connectivity index (χ1) is 34.2. The molecule has 0 fully saturated rings. The van der Waals surface area contributed by atoms with Gasteiger partial charge >= 0.3 is 0 Å². The summed E-state index contributed by atoms with van der Waals surface area (Å²) in [6.45, 7) is 0. The number of nitrogens with zero attached hydrogens (tertiary/aromatic N) is 3. The van der Waals surface area contributed by atoms with Crippen LogP contribution in [0.3, 0.4) is 0 Å². The second kappa shape index (κ2) is 16.9. The van der Waals surface area contributed by atoms with Gasteiger partial charge in [-0.05, 0) is 186 Å². The maximum absolute atomic E-state index is 2.49. The first-order valence-corrected chi connectivity index (χ1v) is 23.7. The van der Waals surface area contributed by atoms with E-state index in [0.717, 1.165) is 51.2 Å². The zero-order chi connectivity index (χ0) is 45.7. The largest absolute Gasteiger partial charge is 0.310 e. The molecule has 0 saturated carbocycles. The lowest BCUT2D eigenvalue weighted by Gasteiger charge is -2.27. The minimum atomic E-state index is 1.10. The molecule has 3 nitrogen and oxygen atoms in total. The van der Waals surface area contributed by atoms with Crippen molar-refractivity contribution in [2.24, 2.45) is 0 Å². The molecule has 13 aromatic carbocycles. The molecule has 0 bridgehead atoms. The second-order valence-corrected chi connectivity index (χ2v) is 17.7. The van der Waals surface area contributed by atoms with Crippen LogP contribution >= 0.6 is 0 Å². The van der Waals surface area contributed by atoms with Gasteiger partial charge in [-0.25, -0.2) is 0 Å². The van der Waals surface area contributed by atoms with Gasteiger partial charge in [-0.3, -0.25) is 0 Å². The van der Waals surface area contributed by atoms with Gasteiger partial charge in [0.25, 0.3) is 0 Å². The van der Waals surface area contributed by atoms with Crippen LogP contribution in [0.4, 0.5) is 51.2 Å². The molecule has 0 spiro atoms. The van der Waals surface area contributed by atoms with Crippen LogP contribution in [0.25, 0.3) is 64.6 Å². The van der Waals surface area contributed by atoms with E-state index in [4.69, 9.17) is 0 Å². The summed E-state index contributed by atoms with van der Waals surface area (Å²) in [7, 11) is 0. The van der Waals surface area contributed by atoms with E-state index in [9.17, 15) is 0 Å². The van der Waals surface area contributed by atoms with Crippen LogP contribution in [0.15, 0.2) is 273 Å². The van der Waals surface area contributed by atoms with Crippen LogP contribution in [0.2, 0.25) is 0 Å². The molecule has 0 aromatic heterocycles. The zero-order valence-electron chi connectivity index (χ0n) is 37.8. The third kappa shape index (κ3) is 6.99. The molecule has 0 saturated heterocycles. The molecule has 0 heterocycles. The Balaban J connectivity index is 1.12. The van der Waals surface area contributed by atoms with Crippen LogP contribution < -0.4 is 14.7 Å². The summed E-state index contributed by atoms with van der Waals surface area (Å²) in [5.41, 5.74) is 10.00. The highest BCUT2D eigenvalue weighted by Crippen LogP contribution is 2.47. The molecule has 0 atom stereocenters. The van der Waals surface area contributed by atoms with Gasteiger partial charge in [0, 0.05) is 51.2 Å². The van der Waals surface area contributed by atoms with Crippen molar-refractivity contribution in [2.45, 2.75) is 0 Å². The number of rotatable bonds is 9. The Kier molecular flexibility index (Phi) is 9.84. The summed E-state index contributed by atoms with van der Waals surface area (Å²) in [6.07, 6.45) is 0. The predicted molar refractivity (Wildman–Crippen MR) is 296 cm³/mol. The molecule has 69 heavy (non-hydrogen) atoms. The Hall–Kier alpha value is -9.18. The van der Waals surface area contributed by atoms with E-state index in [1.807, 2.05) is 0 Å². The maximum atomic E-state index is 2.49. The van der Waals surface area contributed by atoms with E-state index in [1.165, 1.54) is 64.6 Å². The summed E-state index contributed by atoms with van der Waals surface area (Å²) in [4.78, 5) is 7.09. The highest BCUT2D eigenvalue weighted by molar-refractivity contribution is 6.33. The Morgan fingerprint density at radius 3 is 0.594 bits per heavy atom. The molecule has 3 heteroatoms. The van der Waals surface area contributed by atoms with Gasteiger partial charge in [0.2, 0.25) is 0 Å². The van der Waals surface area contributed by atoms with Crippen molar-refractivity contribution in [2.75, 3.05) is 14.7 Å². The Bertz CT molecular complexity index is 3880. The molecule has 324 valence electrons. The second-order valence-electron chi connectivity index (χ2n) is 17.7. The van der Waals surface area contributed by atoms with Crippen molar-refractivity contribution < 1.29 is 0 Å². The molecule has 13 aromatic rings. The molecule has 0 radical (unpaired) electrons. The molecule has 0 aliphatic carbocycles. The van der Waals surface area contributed by atoms with E-state index in [0.29, 0.717) is 0 Å². The molecule has 0 aliphatic heterocycles. The van der Waals surface area contributed by atoms with Gasteiger partial charge in [0.1, 0.15) is 0 Å². The third-order valence-corrected chi connectivity index (χ3v) is 13.7. The van der Waals surface area contributed by atoms with Crippen LogP contribution in [-0.4, -0.2) is 0 Å². The first kappa shape index (κ1) is 40.1. The third-order valence-electron chi connectivity index (χ3n) is 13.7. The lowest BCUT2D eigenvalue weighted by atomic mass is 9.88. The van der Waals surface area contributed by atoms with Crippen molar-refractivity contribution in [3.05, 3.63) is 273 Å². The number of para-hydroxylation sites is 6. The Morgan fingerprint density at radius 2 is 0.319 bits per heavy atom. The Labute approximate surface area is 401 Å². The number of fused-ring (bicyclic) bond motifs is 12. The van der Waals surface area contributed by atoms with Gasteiger partial charge in [-0.2, -0.15) is 0 Å². The normalized spacial score (nSPS) is 11.5. The average molecular weight is 880 g/mol. The minimum absolute atomic E-state index is 1.10. The lowest BCUT2D eigenvalue weighted by molar-refractivity contribution is 1.29. The SMILES string of the molecule is c1ccc(N(c2ccccc2)c2ccc3c(c2)c2ccccc2c2cc4c5cc(N(c6ccccc6)c6ccccc6)ccc5c5ccc(N(c6ccccc6)c6ccccc6)cc5c4cc32)cc1. The highest BCUT2D eigenvalue weighted by Gasteiger charge is 2.21. The summed E-state index contributed by atoms with van der Waals surface area (Å²) in [5, 5.41) is 14.7. The monoisotopic (exact) mass is 879 g/mol. The van der Waals surface area contributed by atoms with Crippen molar-refractivity contribution in [1.29, 1.82) is 0 Å². The van der Waals surface area contributed by atoms with Gasteiger partial charge in [0.15, 0.2) is 0 Å². The molecular formula is C66H45N3. The molecule has 0 aliphatic rings. The first-order valence-electron chi connectivity index (χ1n) is 23.7.